The van der Waals surface area contributed by atoms with Gasteiger partial charge in [0, 0.05) is 19.0 Å². The van der Waals surface area contributed by atoms with Crippen molar-refractivity contribution in [1.29, 1.82) is 10.5 Å². The van der Waals surface area contributed by atoms with E-state index in [1.165, 1.54) is 96.0 Å². The van der Waals surface area contributed by atoms with Gasteiger partial charge in [-0.3, -0.25) is 14.0 Å². The Hall–Kier alpha value is -3.54. The molecule has 0 aliphatic carbocycles. The maximum atomic E-state index is 13.4. The Balaban J connectivity index is 1.07. The molecule has 0 spiro atoms. The number of ether oxygens (including phenoxy) is 5. The van der Waals surface area contributed by atoms with Crippen molar-refractivity contribution >= 4 is 19.2 Å². The first-order chi connectivity index (χ1) is 29.0. The van der Waals surface area contributed by atoms with Crippen LogP contribution in [0.3, 0.4) is 0 Å². The van der Waals surface area contributed by atoms with Gasteiger partial charge in [0.2, 0.25) is 5.60 Å². The van der Waals surface area contributed by atoms with Gasteiger partial charge in [-0.15, -0.1) is 0 Å². The summed E-state index contributed by atoms with van der Waals surface area (Å²) in [5.74, 6) is -0.845. The molecule has 2 aliphatic heterocycles. The van der Waals surface area contributed by atoms with Crippen molar-refractivity contribution in [2.75, 3.05) is 32.2 Å². The summed E-state index contributed by atoms with van der Waals surface area (Å²) < 4.78 is 56.4. The maximum absolute atomic E-state index is 13.4. The van der Waals surface area contributed by atoms with Crippen molar-refractivity contribution in [2.45, 2.75) is 166 Å². The van der Waals surface area contributed by atoms with Gasteiger partial charge in [0.1, 0.15) is 55.0 Å². The number of anilines is 1. The number of aromatic nitrogens is 4. The van der Waals surface area contributed by atoms with Crippen molar-refractivity contribution in [3.63, 3.8) is 0 Å². The molecule has 0 saturated carbocycles. The zero-order valence-electron chi connectivity index (χ0n) is 35.5. The smallest absolute Gasteiger partial charge is 0.382 e. The van der Waals surface area contributed by atoms with Crippen LogP contribution in [0.25, 0.3) is 5.52 Å². The Kier molecular flexibility index (Phi) is 18.7. The molecule has 0 amide bonds. The first kappa shape index (κ1) is 47.5. The van der Waals surface area contributed by atoms with Crippen LogP contribution in [0.5, 0.6) is 0 Å². The number of nitriles is 2. The molecule has 60 heavy (non-hydrogen) atoms. The summed E-state index contributed by atoms with van der Waals surface area (Å²) in [6.45, 7) is 5.27. The molecule has 6 atom stereocenters. The van der Waals surface area contributed by atoms with Gasteiger partial charge in [0.25, 0.3) is 0 Å². The van der Waals surface area contributed by atoms with Gasteiger partial charge in [0.15, 0.2) is 11.6 Å². The number of rotatable bonds is 29. The third kappa shape index (κ3) is 14.0. The number of pyridine rings is 1. The van der Waals surface area contributed by atoms with Crippen LogP contribution in [0.2, 0.25) is 0 Å². The average molecular weight is 854 g/mol. The molecule has 3 aromatic heterocycles. The van der Waals surface area contributed by atoms with Crippen LogP contribution in [-0.4, -0.2) is 80.6 Å². The summed E-state index contributed by atoms with van der Waals surface area (Å²) in [5.41, 5.74) is 6.26. The number of nitrogen functional groups attached to an aromatic ring is 1. The van der Waals surface area contributed by atoms with E-state index in [9.17, 15) is 20.0 Å². The van der Waals surface area contributed by atoms with Crippen molar-refractivity contribution in [1.82, 2.24) is 19.6 Å². The molecular formula is C43H64N7O9P. The number of nitrogens with two attached hydrogens (primary N) is 1. The molecule has 5 rings (SSSR count). The normalized spacial score (nSPS) is 22.3. The summed E-state index contributed by atoms with van der Waals surface area (Å²) in [6, 6.07) is 9.29. The molecule has 0 aromatic carbocycles. The Bertz CT molecular complexity index is 1900. The molecule has 16 nitrogen and oxygen atoms in total. The Morgan fingerprint density at radius 2 is 1.58 bits per heavy atom. The molecule has 5 heterocycles. The fourth-order valence-corrected chi connectivity index (χ4v) is 8.52. The van der Waals surface area contributed by atoms with Crippen LogP contribution >= 0.6 is 7.82 Å². The SMILES string of the molecule is CCCCCCCCCCCCCCCCCCOC[C@H](COP(=O)(O)OC[C@@]1(C#N)OC(c2ccc3c(N)ncnn23)[C@@H]2OC(C)(C)O[C@@H]21)OCc1cncc(C#N)c1. The average Bonchev–Trinajstić information content (AvgIpc) is 3.90. The lowest BCUT2D eigenvalue weighted by Crippen LogP contribution is -2.45. The van der Waals surface area contributed by atoms with Gasteiger partial charge in [-0.05, 0) is 44.0 Å². The van der Waals surface area contributed by atoms with Crippen LogP contribution in [0.1, 0.15) is 146 Å². The summed E-state index contributed by atoms with van der Waals surface area (Å²) in [6.07, 6.45) is 21.3. The van der Waals surface area contributed by atoms with Gasteiger partial charge >= 0.3 is 7.82 Å². The number of fused-ring (bicyclic) bond motifs is 2. The molecule has 3 aromatic rings. The van der Waals surface area contributed by atoms with Crippen LogP contribution < -0.4 is 5.73 Å². The van der Waals surface area contributed by atoms with E-state index in [0.717, 1.165) is 19.3 Å². The topological polar surface area (TPSA) is 219 Å². The molecule has 0 bridgehead atoms. The summed E-state index contributed by atoms with van der Waals surface area (Å²) in [5, 5.41) is 24.1. The Morgan fingerprint density at radius 3 is 2.23 bits per heavy atom. The van der Waals surface area contributed by atoms with E-state index in [-0.39, 0.29) is 25.6 Å². The predicted molar refractivity (Wildman–Crippen MR) is 223 cm³/mol. The molecule has 0 radical (unpaired) electrons. The lowest BCUT2D eigenvalue weighted by atomic mass is 9.96. The molecular weight excluding hydrogens is 789 g/mol. The van der Waals surface area contributed by atoms with Crippen LogP contribution in [0.4, 0.5) is 5.82 Å². The highest BCUT2D eigenvalue weighted by atomic mass is 31.2. The van der Waals surface area contributed by atoms with E-state index in [1.54, 1.807) is 42.8 Å². The van der Waals surface area contributed by atoms with E-state index in [4.69, 9.17) is 38.5 Å². The second kappa shape index (κ2) is 23.6. The lowest BCUT2D eigenvalue weighted by Gasteiger charge is -2.29. The van der Waals surface area contributed by atoms with Crippen molar-refractivity contribution < 1.29 is 42.2 Å². The molecule has 330 valence electrons. The zero-order valence-corrected chi connectivity index (χ0v) is 36.4. The molecule has 2 fully saturated rings. The minimum Gasteiger partial charge on any atom is -0.382 e. The maximum Gasteiger partial charge on any atom is 0.472 e. The van der Waals surface area contributed by atoms with Crippen LogP contribution in [0.15, 0.2) is 36.9 Å². The first-order valence-electron chi connectivity index (χ1n) is 21.7. The molecule has 2 unspecified atom stereocenters. The van der Waals surface area contributed by atoms with Crippen LogP contribution in [-0.2, 0) is 43.9 Å². The van der Waals surface area contributed by atoms with Crippen molar-refractivity contribution in [3.8, 4) is 12.1 Å². The molecule has 17 heteroatoms. The van der Waals surface area contributed by atoms with Gasteiger partial charge in [0.05, 0.1) is 31.1 Å². The number of nitrogens with zero attached hydrogens (tertiary/aromatic N) is 6. The van der Waals surface area contributed by atoms with Crippen molar-refractivity contribution in [2.24, 2.45) is 0 Å². The standard InChI is InChI=1S/C43H64N7O9P/c1-4-5-6-7-8-9-10-11-12-13-14-15-16-17-18-19-22-53-28-35(54-27-34-23-33(24-44)25-47-26-34)29-55-60(51,52)56-31-43(30-45)40-39(57-42(2,3)59-40)38(58-43)36-20-21-37-41(46)48-32-49-50(36)37/h20-21,23,25-26,32,35,38-40H,4-19,22,27-29,31H2,1-3H3,(H,51,52)(H2,46,48,49)/t35-,38?,39+,40+,43-/m1/s1. The quantitative estimate of drug-likeness (QED) is 0.0494. The Morgan fingerprint density at radius 1 is 0.917 bits per heavy atom. The fourth-order valence-electron chi connectivity index (χ4n) is 7.73. The van der Waals surface area contributed by atoms with Gasteiger partial charge in [-0.25, -0.2) is 14.1 Å². The summed E-state index contributed by atoms with van der Waals surface area (Å²) >= 11 is 0. The van der Waals surface area contributed by atoms with E-state index in [1.807, 2.05) is 0 Å². The minimum atomic E-state index is -4.80. The predicted octanol–water partition coefficient (Wildman–Crippen LogP) is 8.43. The second-order valence-electron chi connectivity index (χ2n) is 16.3. The monoisotopic (exact) mass is 853 g/mol. The van der Waals surface area contributed by atoms with Gasteiger partial charge in [-0.1, -0.05) is 103 Å². The molecule has 3 N–H and O–H groups in total. The fraction of sp³-hybridized carbons (Fsp3) is 0.698. The molecule has 2 saturated heterocycles. The zero-order chi connectivity index (χ0) is 42.9. The summed E-state index contributed by atoms with van der Waals surface area (Å²) in [7, 11) is -4.80. The highest BCUT2D eigenvalue weighted by Gasteiger charge is 2.65. The van der Waals surface area contributed by atoms with Gasteiger partial charge < -0.3 is 34.3 Å². The van der Waals surface area contributed by atoms with E-state index in [0.29, 0.717) is 28.9 Å². The van der Waals surface area contributed by atoms with Crippen molar-refractivity contribution in [3.05, 3.63) is 53.7 Å². The van der Waals surface area contributed by atoms with Gasteiger partial charge in [-0.2, -0.15) is 15.6 Å². The summed E-state index contributed by atoms with van der Waals surface area (Å²) in [4.78, 5) is 19.0. The highest BCUT2D eigenvalue weighted by Crippen LogP contribution is 2.52. The van der Waals surface area contributed by atoms with E-state index >= 15 is 0 Å². The number of hydrogen-bond donors (Lipinski definition) is 2. The third-order valence-electron chi connectivity index (χ3n) is 10.9. The number of phosphoric ester groups is 1. The largest absolute Gasteiger partial charge is 0.472 e. The number of unbranched alkanes of at least 4 members (excludes halogenated alkanes) is 15. The van der Waals surface area contributed by atoms with E-state index in [2.05, 4.69) is 34.1 Å². The molecule has 2 aliphatic rings. The Labute approximate surface area is 354 Å². The lowest BCUT2D eigenvalue weighted by molar-refractivity contribution is -0.204. The van der Waals surface area contributed by atoms with E-state index < -0.39 is 50.2 Å². The number of hydrogen-bond acceptors (Lipinski definition) is 14. The first-order valence-corrected chi connectivity index (χ1v) is 23.2. The second-order valence-corrected chi connectivity index (χ2v) is 17.8. The minimum absolute atomic E-state index is 0.0590. The number of phosphoric acid groups is 1. The van der Waals surface area contributed by atoms with Crippen LogP contribution in [0, 0.1) is 22.7 Å². The third-order valence-corrected chi connectivity index (χ3v) is 11.9. The highest BCUT2D eigenvalue weighted by molar-refractivity contribution is 7.47.